The van der Waals surface area contributed by atoms with Gasteiger partial charge in [-0.1, -0.05) is 0 Å². The van der Waals surface area contributed by atoms with Gasteiger partial charge in [0.25, 0.3) is 5.91 Å². The van der Waals surface area contributed by atoms with Crippen molar-refractivity contribution >= 4 is 5.91 Å². The van der Waals surface area contributed by atoms with E-state index in [-0.39, 0.29) is 23.8 Å². The number of nitrogens with one attached hydrogen (secondary N) is 1. The molecule has 2 aromatic heterocycles. The molecule has 1 N–H and O–H groups in total. The van der Waals surface area contributed by atoms with Crippen molar-refractivity contribution in [3.63, 3.8) is 0 Å². The second kappa shape index (κ2) is 7.45. The number of hydrogen-bond acceptors (Lipinski definition) is 5. The van der Waals surface area contributed by atoms with Crippen LogP contribution in [-0.4, -0.2) is 33.9 Å². The fraction of sp³-hybridized carbons (Fsp3) is 0.471. The monoisotopic (exact) mass is 368 g/mol. The van der Waals surface area contributed by atoms with Gasteiger partial charge in [0.2, 0.25) is 0 Å². The highest BCUT2D eigenvalue weighted by atomic mass is 19.4. The van der Waals surface area contributed by atoms with Crippen molar-refractivity contribution in [2.75, 3.05) is 13.1 Å². The van der Waals surface area contributed by atoms with Crippen molar-refractivity contribution in [1.82, 2.24) is 20.2 Å². The molecule has 0 aliphatic carbocycles. The molecule has 6 nitrogen and oxygen atoms in total. The van der Waals surface area contributed by atoms with Crippen LogP contribution in [0.2, 0.25) is 0 Å². The Hall–Kier alpha value is -2.42. The summed E-state index contributed by atoms with van der Waals surface area (Å²) in [5.41, 5.74) is -0.845. The van der Waals surface area contributed by atoms with E-state index in [0.717, 1.165) is 32.0 Å². The summed E-state index contributed by atoms with van der Waals surface area (Å²) >= 11 is 0. The molecule has 0 bridgehead atoms. The molecule has 3 rings (SSSR count). The summed E-state index contributed by atoms with van der Waals surface area (Å²) in [7, 11) is 0. The van der Waals surface area contributed by atoms with Gasteiger partial charge in [-0.2, -0.15) is 13.2 Å². The largest absolute Gasteiger partial charge is 0.455 e. The first kappa shape index (κ1) is 18.4. The van der Waals surface area contributed by atoms with E-state index in [0.29, 0.717) is 12.3 Å². The van der Waals surface area contributed by atoms with Gasteiger partial charge in [-0.15, -0.1) is 0 Å². The third kappa shape index (κ3) is 4.60. The van der Waals surface area contributed by atoms with Crippen molar-refractivity contribution in [2.45, 2.75) is 39.0 Å². The van der Waals surface area contributed by atoms with E-state index in [1.807, 2.05) is 0 Å². The molecule has 1 amide bonds. The van der Waals surface area contributed by atoms with Crippen LogP contribution in [0, 0.1) is 6.92 Å². The number of halogens is 3. The maximum Gasteiger partial charge on any atom is 0.433 e. The lowest BCUT2D eigenvalue weighted by atomic mass is 10.3. The number of furan rings is 1. The van der Waals surface area contributed by atoms with Gasteiger partial charge in [-0.25, -0.2) is 9.97 Å². The Morgan fingerprint density at radius 2 is 2.00 bits per heavy atom. The zero-order chi connectivity index (χ0) is 18.7. The van der Waals surface area contributed by atoms with Gasteiger partial charge in [0.05, 0.1) is 13.1 Å². The molecule has 0 aromatic carbocycles. The highest BCUT2D eigenvalue weighted by Crippen LogP contribution is 2.27. The first-order chi connectivity index (χ1) is 12.3. The number of nitrogens with zero attached hydrogens (tertiary/aromatic N) is 3. The molecule has 0 saturated carbocycles. The number of likely N-dealkylation sites (tertiary alicyclic amines) is 1. The topological polar surface area (TPSA) is 71.3 Å². The normalized spacial score (nSPS) is 15.4. The summed E-state index contributed by atoms with van der Waals surface area (Å²) in [5, 5.41) is 2.49. The van der Waals surface area contributed by atoms with Crippen LogP contribution < -0.4 is 5.32 Å². The molecule has 0 atom stereocenters. The van der Waals surface area contributed by atoms with E-state index < -0.39 is 17.8 Å². The van der Waals surface area contributed by atoms with Crippen molar-refractivity contribution in [2.24, 2.45) is 0 Å². The molecule has 1 fully saturated rings. The number of alkyl halides is 3. The standard InChI is InChI=1S/C17H19F3N4O2/c1-11-8-14(17(18,19)20)23-15(22-11)9-21-16(25)13-5-4-12(26-13)10-24-6-2-3-7-24/h4-5,8H,2-3,6-7,9-10H2,1H3,(H,21,25). The molecule has 2 aromatic rings. The van der Waals surface area contributed by atoms with Gasteiger partial charge in [-0.05, 0) is 51.1 Å². The third-order valence-electron chi connectivity index (χ3n) is 4.06. The molecule has 26 heavy (non-hydrogen) atoms. The fourth-order valence-electron chi connectivity index (χ4n) is 2.85. The van der Waals surface area contributed by atoms with E-state index in [1.54, 1.807) is 12.1 Å². The van der Waals surface area contributed by atoms with E-state index in [2.05, 4.69) is 20.2 Å². The number of carbonyl (C=O) groups is 1. The minimum Gasteiger partial charge on any atom is -0.455 e. The smallest absolute Gasteiger partial charge is 0.433 e. The van der Waals surface area contributed by atoms with Gasteiger partial charge < -0.3 is 9.73 Å². The van der Waals surface area contributed by atoms with E-state index >= 15 is 0 Å². The first-order valence-corrected chi connectivity index (χ1v) is 8.32. The second-order valence-electron chi connectivity index (χ2n) is 6.24. The third-order valence-corrected chi connectivity index (χ3v) is 4.06. The Bertz CT molecular complexity index is 783. The Morgan fingerprint density at radius 3 is 2.69 bits per heavy atom. The first-order valence-electron chi connectivity index (χ1n) is 8.32. The number of aryl methyl sites for hydroxylation is 1. The van der Waals surface area contributed by atoms with E-state index in [9.17, 15) is 18.0 Å². The Balaban J connectivity index is 1.60. The quantitative estimate of drug-likeness (QED) is 0.879. The number of amides is 1. The van der Waals surface area contributed by atoms with Crippen LogP contribution in [0.3, 0.4) is 0 Å². The van der Waals surface area contributed by atoms with Crippen LogP contribution in [0.25, 0.3) is 0 Å². The maximum atomic E-state index is 12.8. The zero-order valence-electron chi connectivity index (χ0n) is 14.3. The number of aromatic nitrogens is 2. The van der Waals surface area contributed by atoms with E-state index in [1.165, 1.54) is 6.92 Å². The lowest BCUT2D eigenvalue weighted by molar-refractivity contribution is -0.141. The summed E-state index contributed by atoms with van der Waals surface area (Å²) in [5.74, 6) is 0.178. The molecule has 0 spiro atoms. The number of rotatable bonds is 5. The lowest BCUT2D eigenvalue weighted by Gasteiger charge is -2.11. The second-order valence-corrected chi connectivity index (χ2v) is 6.24. The van der Waals surface area contributed by atoms with Crippen LogP contribution in [0.4, 0.5) is 13.2 Å². The van der Waals surface area contributed by atoms with E-state index in [4.69, 9.17) is 4.42 Å². The molecule has 0 unspecified atom stereocenters. The van der Waals surface area contributed by atoms with Gasteiger partial charge in [0.1, 0.15) is 17.3 Å². The predicted octanol–water partition coefficient (Wildman–Crippen LogP) is 2.92. The summed E-state index contributed by atoms with van der Waals surface area (Å²) in [6, 6.07) is 4.15. The van der Waals surface area contributed by atoms with Crippen molar-refractivity contribution in [3.05, 3.63) is 46.9 Å². The van der Waals surface area contributed by atoms with Crippen LogP contribution in [-0.2, 0) is 19.3 Å². The van der Waals surface area contributed by atoms with Gasteiger partial charge in [-0.3, -0.25) is 9.69 Å². The summed E-state index contributed by atoms with van der Waals surface area (Å²) in [6.07, 6.45) is -2.24. The Kier molecular flexibility index (Phi) is 5.26. The van der Waals surface area contributed by atoms with Gasteiger partial charge in [0, 0.05) is 5.69 Å². The SMILES string of the molecule is Cc1cc(C(F)(F)F)nc(CNC(=O)c2ccc(CN3CCCC3)o2)n1. The maximum absolute atomic E-state index is 12.8. The Labute approximate surface area is 148 Å². The van der Waals surface area contributed by atoms with Crippen molar-refractivity contribution in [1.29, 1.82) is 0 Å². The van der Waals surface area contributed by atoms with Crippen LogP contribution in [0.5, 0.6) is 0 Å². The molecule has 1 aliphatic heterocycles. The summed E-state index contributed by atoms with van der Waals surface area (Å²) in [6.45, 7) is 3.89. The average molecular weight is 368 g/mol. The fourth-order valence-corrected chi connectivity index (χ4v) is 2.85. The predicted molar refractivity (Wildman–Crippen MR) is 86.2 cm³/mol. The summed E-state index contributed by atoms with van der Waals surface area (Å²) < 4.78 is 43.9. The van der Waals surface area contributed by atoms with Crippen LogP contribution in [0.15, 0.2) is 22.6 Å². The zero-order valence-corrected chi connectivity index (χ0v) is 14.3. The lowest BCUT2D eigenvalue weighted by Crippen LogP contribution is -2.24. The molecule has 140 valence electrons. The minimum absolute atomic E-state index is 0.102. The molecule has 1 saturated heterocycles. The summed E-state index contributed by atoms with van der Waals surface area (Å²) in [4.78, 5) is 21.8. The molecule has 1 aliphatic rings. The minimum atomic E-state index is -4.56. The number of carbonyl (C=O) groups excluding carboxylic acids is 1. The van der Waals surface area contributed by atoms with Crippen LogP contribution in [0.1, 0.15) is 46.4 Å². The van der Waals surface area contributed by atoms with Crippen LogP contribution >= 0.6 is 0 Å². The highest BCUT2D eigenvalue weighted by molar-refractivity contribution is 5.91. The van der Waals surface area contributed by atoms with Gasteiger partial charge in [0.15, 0.2) is 5.76 Å². The molecule has 9 heteroatoms. The number of hydrogen-bond donors (Lipinski definition) is 1. The molecule has 0 radical (unpaired) electrons. The Morgan fingerprint density at radius 1 is 1.27 bits per heavy atom. The average Bonchev–Trinajstić information content (AvgIpc) is 3.24. The molecular formula is C17H19F3N4O2. The molecular weight excluding hydrogens is 349 g/mol. The highest BCUT2D eigenvalue weighted by Gasteiger charge is 2.33. The van der Waals surface area contributed by atoms with Crippen molar-refractivity contribution < 1.29 is 22.4 Å². The van der Waals surface area contributed by atoms with Gasteiger partial charge >= 0.3 is 6.18 Å². The van der Waals surface area contributed by atoms with Crippen molar-refractivity contribution in [3.8, 4) is 0 Å². The molecule has 3 heterocycles.